The highest BCUT2D eigenvalue weighted by Crippen LogP contribution is 2.24. The van der Waals surface area contributed by atoms with E-state index in [-0.39, 0.29) is 24.7 Å². The van der Waals surface area contributed by atoms with Crippen molar-refractivity contribution in [2.24, 2.45) is 5.41 Å². The van der Waals surface area contributed by atoms with Gasteiger partial charge in [0, 0.05) is 5.41 Å². The lowest BCUT2D eigenvalue weighted by Crippen LogP contribution is -2.35. The molecular formula is C18H20ClNO4. The fraction of sp³-hybridized carbons (Fsp3) is 0.333. The molecule has 1 amide bonds. The maximum atomic E-state index is 12.0. The molecule has 0 fully saturated rings. The van der Waals surface area contributed by atoms with E-state index in [0.717, 1.165) is 0 Å². The Bertz CT molecular complexity index is 731. The minimum atomic E-state index is -0.496. The van der Waals surface area contributed by atoms with Gasteiger partial charge < -0.3 is 14.5 Å². The molecule has 6 heteroatoms. The molecule has 1 heterocycles. The first-order valence-electron chi connectivity index (χ1n) is 7.55. The van der Waals surface area contributed by atoms with Crippen LogP contribution in [0.4, 0.5) is 0 Å². The number of para-hydroxylation sites is 1. The van der Waals surface area contributed by atoms with Gasteiger partial charge in [-0.3, -0.25) is 9.59 Å². The summed E-state index contributed by atoms with van der Waals surface area (Å²) in [7, 11) is 0. The van der Waals surface area contributed by atoms with Gasteiger partial charge in [-0.05, 0) is 24.3 Å². The van der Waals surface area contributed by atoms with Gasteiger partial charge in [0.1, 0.15) is 18.1 Å². The Kier molecular flexibility index (Phi) is 5.67. The first kappa shape index (κ1) is 18.1. The van der Waals surface area contributed by atoms with Crippen molar-refractivity contribution >= 4 is 23.3 Å². The highest BCUT2D eigenvalue weighted by molar-refractivity contribution is 6.32. The van der Waals surface area contributed by atoms with Gasteiger partial charge in [-0.1, -0.05) is 44.5 Å². The molecule has 2 aromatic rings. The molecule has 0 radical (unpaired) electrons. The van der Waals surface area contributed by atoms with Crippen LogP contribution in [0.5, 0.6) is 5.75 Å². The normalized spacial score (nSPS) is 11.2. The lowest BCUT2D eigenvalue weighted by molar-refractivity contribution is -0.125. The van der Waals surface area contributed by atoms with Crippen LogP contribution in [0.3, 0.4) is 0 Å². The summed E-state index contributed by atoms with van der Waals surface area (Å²) >= 11 is 6.00. The van der Waals surface area contributed by atoms with Crippen LogP contribution in [0.1, 0.15) is 37.1 Å². The molecule has 0 aliphatic heterocycles. The zero-order valence-corrected chi connectivity index (χ0v) is 14.6. The molecule has 0 spiro atoms. The van der Waals surface area contributed by atoms with Crippen LogP contribution in [0.2, 0.25) is 5.02 Å². The number of Topliss-reactive ketones (excluding diaryl/α,β-unsaturated/α-hetero) is 1. The number of hydrogen-bond donors (Lipinski definition) is 1. The number of amides is 1. The summed E-state index contributed by atoms with van der Waals surface area (Å²) in [4.78, 5) is 23.8. The number of carbonyl (C=O) groups excluding carboxylic acids is 2. The van der Waals surface area contributed by atoms with Crippen LogP contribution in [-0.4, -0.2) is 18.2 Å². The zero-order valence-electron chi connectivity index (χ0n) is 13.9. The summed E-state index contributed by atoms with van der Waals surface area (Å²) < 4.78 is 11.0. The topological polar surface area (TPSA) is 68.5 Å². The molecule has 0 saturated heterocycles. The van der Waals surface area contributed by atoms with Crippen molar-refractivity contribution in [3.8, 4) is 5.75 Å². The molecule has 0 aliphatic rings. The Hall–Kier alpha value is -2.27. The Balaban J connectivity index is 1.89. The van der Waals surface area contributed by atoms with Crippen LogP contribution in [0.15, 0.2) is 40.8 Å². The predicted octanol–water partition coefficient (Wildman–Crippen LogP) is 3.86. The third-order valence-electron chi connectivity index (χ3n) is 3.34. The predicted molar refractivity (Wildman–Crippen MR) is 91.3 cm³/mol. The molecule has 5 nitrogen and oxygen atoms in total. The molecule has 1 N–H and O–H groups in total. The number of rotatable bonds is 6. The van der Waals surface area contributed by atoms with E-state index in [0.29, 0.717) is 16.5 Å². The molecule has 0 saturated carbocycles. The van der Waals surface area contributed by atoms with Crippen LogP contribution in [0.25, 0.3) is 0 Å². The average molecular weight is 350 g/mol. The molecular weight excluding hydrogens is 330 g/mol. The summed E-state index contributed by atoms with van der Waals surface area (Å²) in [5.74, 6) is 0.676. The Morgan fingerprint density at radius 2 is 1.88 bits per heavy atom. The van der Waals surface area contributed by atoms with Crippen LogP contribution >= 0.6 is 11.6 Å². The van der Waals surface area contributed by atoms with E-state index in [2.05, 4.69) is 5.32 Å². The summed E-state index contributed by atoms with van der Waals surface area (Å²) in [5, 5.41) is 3.06. The van der Waals surface area contributed by atoms with Crippen LogP contribution in [0, 0.1) is 5.41 Å². The van der Waals surface area contributed by atoms with Gasteiger partial charge in [0.25, 0.3) is 5.91 Å². The van der Waals surface area contributed by atoms with Crippen molar-refractivity contribution in [2.45, 2.75) is 27.4 Å². The molecule has 0 atom stereocenters. The van der Waals surface area contributed by atoms with E-state index in [1.807, 2.05) is 12.1 Å². The van der Waals surface area contributed by atoms with E-state index in [4.69, 9.17) is 20.8 Å². The van der Waals surface area contributed by atoms with Gasteiger partial charge in [0.15, 0.2) is 11.5 Å². The highest BCUT2D eigenvalue weighted by Gasteiger charge is 2.22. The number of ketones is 1. The minimum Gasteiger partial charge on any atom is -0.484 e. The third kappa shape index (κ3) is 4.86. The molecule has 0 unspecified atom stereocenters. The number of hydrogen-bond acceptors (Lipinski definition) is 4. The molecule has 0 aliphatic carbocycles. The minimum absolute atomic E-state index is 0.0332. The fourth-order valence-electron chi connectivity index (χ4n) is 1.80. The number of benzene rings is 1. The summed E-state index contributed by atoms with van der Waals surface area (Å²) in [6.07, 6.45) is 0. The Morgan fingerprint density at radius 3 is 2.54 bits per heavy atom. The van der Waals surface area contributed by atoms with Crippen molar-refractivity contribution in [3.05, 3.63) is 52.9 Å². The van der Waals surface area contributed by atoms with Gasteiger partial charge in [-0.15, -0.1) is 0 Å². The average Bonchev–Trinajstić information content (AvgIpc) is 2.99. The van der Waals surface area contributed by atoms with Crippen molar-refractivity contribution in [1.82, 2.24) is 5.32 Å². The number of nitrogens with one attached hydrogen (secondary N) is 1. The Labute approximate surface area is 145 Å². The summed E-state index contributed by atoms with van der Waals surface area (Å²) in [6, 6.07) is 10.3. The van der Waals surface area contributed by atoms with Crippen LogP contribution in [-0.2, 0) is 11.4 Å². The number of ether oxygens (including phenoxy) is 1. The first-order chi connectivity index (χ1) is 11.3. The third-order valence-corrected chi connectivity index (χ3v) is 3.65. The monoisotopic (exact) mass is 349 g/mol. The van der Waals surface area contributed by atoms with Gasteiger partial charge >= 0.3 is 0 Å². The number of halogens is 1. The molecule has 24 heavy (non-hydrogen) atoms. The SMILES string of the molecule is CC(C)(C)C(=O)CNC(=O)c1ccc(COc2ccccc2Cl)o1. The van der Waals surface area contributed by atoms with Gasteiger partial charge in [0.2, 0.25) is 0 Å². The first-order valence-corrected chi connectivity index (χ1v) is 7.92. The van der Waals surface area contributed by atoms with E-state index in [1.54, 1.807) is 45.0 Å². The fourth-order valence-corrected chi connectivity index (χ4v) is 1.99. The zero-order chi connectivity index (χ0) is 17.7. The van der Waals surface area contributed by atoms with Crippen LogP contribution < -0.4 is 10.1 Å². The van der Waals surface area contributed by atoms with Gasteiger partial charge in [-0.2, -0.15) is 0 Å². The molecule has 1 aromatic carbocycles. The highest BCUT2D eigenvalue weighted by atomic mass is 35.5. The molecule has 128 valence electrons. The summed E-state index contributed by atoms with van der Waals surface area (Å²) in [6.45, 7) is 5.53. The van der Waals surface area contributed by atoms with E-state index < -0.39 is 11.3 Å². The molecule has 2 rings (SSSR count). The second kappa shape index (κ2) is 7.53. The standard InChI is InChI=1S/C18H20ClNO4/c1-18(2,3)16(21)10-20-17(22)15-9-8-12(24-15)11-23-14-7-5-4-6-13(14)19/h4-9H,10-11H2,1-3H3,(H,20,22). The van der Waals surface area contributed by atoms with Crippen molar-refractivity contribution in [2.75, 3.05) is 6.54 Å². The quantitative estimate of drug-likeness (QED) is 0.859. The number of carbonyl (C=O) groups is 2. The van der Waals surface area contributed by atoms with E-state index >= 15 is 0 Å². The largest absolute Gasteiger partial charge is 0.484 e. The second-order valence-electron chi connectivity index (χ2n) is 6.34. The van der Waals surface area contributed by atoms with Crippen molar-refractivity contribution < 1.29 is 18.7 Å². The molecule has 1 aromatic heterocycles. The lowest BCUT2D eigenvalue weighted by atomic mass is 9.91. The van der Waals surface area contributed by atoms with Crippen molar-refractivity contribution in [1.29, 1.82) is 0 Å². The van der Waals surface area contributed by atoms with E-state index in [9.17, 15) is 9.59 Å². The molecule has 0 bridgehead atoms. The summed E-state index contributed by atoms with van der Waals surface area (Å²) in [5.41, 5.74) is -0.496. The smallest absolute Gasteiger partial charge is 0.287 e. The Morgan fingerprint density at radius 1 is 1.17 bits per heavy atom. The van der Waals surface area contributed by atoms with Gasteiger partial charge in [0.05, 0.1) is 11.6 Å². The lowest BCUT2D eigenvalue weighted by Gasteiger charge is -2.16. The maximum absolute atomic E-state index is 12.0. The van der Waals surface area contributed by atoms with E-state index in [1.165, 1.54) is 0 Å². The second-order valence-corrected chi connectivity index (χ2v) is 6.75. The van der Waals surface area contributed by atoms with Gasteiger partial charge in [-0.25, -0.2) is 0 Å². The maximum Gasteiger partial charge on any atom is 0.287 e. The number of furan rings is 1. The van der Waals surface area contributed by atoms with Crippen molar-refractivity contribution in [3.63, 3.8) is 0 Å².